The van der Waals surface area contributed by atoms with Crippen molar-refractivity contribution in [2.45, 2.75) is 6.42 Å². The molecule has 2 aromatic rings. The van der Waals surface area contributed by atoms with Crippen LogP contribution >= 0.6 is 0 Å². The third-order valence-electron chi connectivity index (χ3n) is 2.96. The summed E-state index contributed by atoms with van der Waals surface area (Å²) in [6, 6.07) is 10.1. The van der Waals surface area contributed by atoms with E-state index < -0.39 is 11.9 Å². The summed E-state index contributed by atoms with van der Waals surface area (Å²) < 4.78 is 0. The molecule has 6 nitrogen and oxygen atoms in total. The summed E-state index contributed by atoms with van der Waals surface area (Å²) in [6.07, 6.45) is 2.25. The highest BCUT2D eigenvalue weighted by Gasteiger charge is 2.03. The molecule has 0 saturated heterocycles. The number of hydrogen-bond acceptors (Lipinski definition) is 4. The van der Waals surface area contributed by atoms with E-state index in [2.05, 4.69) is 10.3 Å². The van der Waals surface area contributed by atoms with E-state index in [0.717, 1.165) is 17.7 Å². The van der Waals surface area contributed by atoms with E-state index >= 15 is 0 Å². The average Bonchev–Trinajstić information content (AvgIpc) is 2.48. The number of carbonyl (C=O) groups is 2. The standard InChI is InChI=1S/C15H15N3O3/c16-14(19)13-9-12(6-8-18-13)17-7-5-10-1-3-11(4-2-10)15(20)21/h1-4,6,8-9H,5,7H2,(H2,16,19)(H,17,18)(H,20,21). The van der Waals surface area contributed by atoms with Crippen LogP contribution in [-0.2, 0) is 6.42 Å². The zero-order valence-electron chi connectivity index (χ0n) is 11.2. The highest BCUT2D eigenvalue weighted by Crippen LogP contribution is 2.09. The Hall–Kier alpha value is -2.89. The monoisotopic (exact) mass is 285 g/mol. The Bertz CT molecular complexity index is 653. The summed E-state index contributed by atoms with van der Waals surface area (Å²) in [6.45, 7) is 0.647. The minimum atomic E-state index is -0.935. The number of aromatic carboxylic acids is 1. The van der Waals surface area contributed by atoms with Crippen molar-refractivity contribution in [3.8, 4) is 0 Å². The first-order chi connectivity index (χ1) is 10.1. The molecule has 1 aromatic carbocycles. The summed E-state index contributed by atoms with van der Waals surface area (Å²) in [5.74, 6) is -1.50. The quantitative estimate of drug-likeness (QED) is 0.746. The summed E-state index contributed by atoms with van der Waals surface area (Å²) in [4.78, 5) is 25.6. The first-order valence-electron chi connectivity index (χ1n) is 6.38. The maximum absolute atomic E-state index is 11.0. The van der Waals surface area contributed by atoms with Crippen molar-refractivity contribution in [3.05, 3.63) is 59.4 Å². The molecule has 0 aliphatic heterocycles. The van der Waals surface area contributed by atoms with Gasteiger partial charge in [-0.2, -0.15) is 0 Å². The van der Waals surface area contributed by atoms with Crippen LogP contribution in [0.2, 0.25) is 0 Å². The fourth-order valence-electron chi connectivity index (χ4n) is 1.84. The van der Waals surface area contributed by atoms with Crippen molar-refractivity contribution in [2.24, 2.45) is 5.73 Å². The van der Waals surface area contributed by atoms with E-state index in [1.807, 2.05) is 0 Å². The first kappa shape index (κ1) is 14.5. The van der Waals surface area contributed by atoms with Crippen LogP contribution in [0, 0.1) is 0 Å². The van der Waals surface area contributed by atoms with Gasteiger partial charge in [-0.15, -0.1) is 0 Å². The summed E-state index contributed by atoms with van der Waals surface area (Å²) in [5, 5.41) is 12.0. The summed E-state index contributed by atoms with van der Waals surface area (Å²) in [7, 11) is 0. The van der Waals surface area contributed by atoms with Crippen molar-refractivity contribution in [2.75, 3.05) is 11.9 Å². The molecular formula is C15H15N3O3. The summed E-state index contributed by atoms with van der Waals surface area (Å²) >= 11 is 0. The highest BCUT2D eigenvalue weighted by atomic mass is 16.4. The Morgan fingerprint density at radius 3 is 2.52 bits per heavy atom. The van der Waals surface area contributed by atoms with Gasteiger partial charge in [0.15, 0.2) is 0 Å². The van der Waals surface area contributed by atoms with Gasteiger partial charge >= 0.3 is 5.97 Å². The zero-order valence-corrected chi connectivity index (χ0v) is 11.2. The van der Waals surface area contributed by atoms with E-state index in [4.69, 9.17) is 10.8 Å². The fraction of sp³-hybridized carbons (Fsp3) is 0.133. The van der Waals surface area contributed by atoms with E-state index in [9.17, 15) is 9.59 Å². The topological polar surface area (TPSA) is 105 Å². The van der Waals surface area contributed by atoms with Gasteiger partial charge in [-0.1, -0.05) is 12.1 Å². The highest BCUT2D eigenvalue weighted by molar-refractivity contribution is 5.91. The van der Waals surface area contributed by atoms with Gasteiger partial charge in [0, 0.05) is 18.4 Å². The Morgan fingerprint density at radius 2 is 1.90 bits per heavy atom. The smallest absolute Gasteiger partial charge is 0.335 e. The minimum Gasteiger partial charge on any atom is -0.478 e. The molecular weight excluding hydrogens is 270 g/mol. The van der Waals surface area contributed by atoms with Crippen molar-refractivity contribution in [3.63, 3.8) is 0 Å². The molecule has 4 N–H and O–H groups in total. The number of nitrogens with one attached hydrogen (secondary N) is 1. The van der Waals surface area contributed by atoms with E-state index in [1.54, 1.807) is 36.4 Å². The lowest BCUT2D eigenvalue weighted by atomic mass is 10.1. The largest absolute Gasteiger partial charge is 0.478 e. The van der Waals surface area contributed by atoms with Crippen molar-refractivity contribution in [1.82, 2.24) is 4.98 Å². The Kier molecular flexibility index (Phi) is 4.50. The lowest BCUT2D eigenvalue weighted by Crippen LogP contribution is -2.13. The van der Waals surface area contributed by atoms with Gasteiger partial charge in [-0.05, 0) is 36.2 Å². The van der Waals surface area contributed by atoms with E-state index in [1.165, 1.54) is 6.20 Å². The van der Waals surface area contributed by atoms with Crippen LogP contribution in [0.5, 0.6) is 0 Å². The Labute approximate surface area is 121 Å². The van der Waals surface area contributed by atoms with Crippen LogP contribution < -0.4 is 11.1 Å². The molecule has 108 valence electrons. The van der Waals surface area contributed by atoms with Gasteiger partial charge in [-0.25, -0.2) is 4.79 Å². The maximum atomic E-state index is 11.0. The average molecular weight is 285 g/mol. The number of carboxylic acids is 1. The first-order valence-corrected chi connectivity index (χ1v) is 6.38. The van der Waals surface area contributed by atoms with Crippen molar-refractivity contribution >= 4 is 17.6 Å². The number of nitrogens with two attached hydrogens (primary N) is 1. The van der Waals surface area contributed by atoms with Gasteiger partial charge in [0.25, 0.3) is 5.91 Å². The number of nitrogens with zero attached hydrogens (tertiary/aromatic N) is 1. The number of aromatic nitrogens is 1. The molecule has 0 aliphatic rings. The van der Waals surface area contributed by atoms with Crippen LogP contribution in [0.4, 0.5) is 5.69 Å². The molecule has 6 heteroatoms. The lowest BCUT2D eigenvalue weighted by molar-refractivity contribution is 0.0696. The number of benzene rings is 1. The SMILES string of the molecule is NC(=O)c1cc(NCCc2ccc(C(=O)O)cc2)ccn1. The van der Waals surface area contributed by atoms with Crippen LogP contribution in [-0.4, -0.2) is 28.5 Å². The molecule has 0 spiro atoms. The van der Waals surface area contributed by atoms with E-state index in [-0.39, 0.29) is 11.3 Å². The van der Waals surface area contributed by atoms with Gasteiger partial charge in [0.2, 0.25) is 0 Å². The van der Waals surface area contributed by atoms with E-state index in [0.29, 0.717) is 6.54 Å². The summed E-state index contributed by atoms with van der Waals surface area (Å²) in [5.41, 5.74) is 7.44. The van der Waals surface area contributed by atoms with Gasteiger partial charge in [0.1, 0.15) is 5.69 Å². The second-order valence-corrected chi connectivity index (χ2v) is 4.47. The van der Waals surface area contributed by atoms with Crippen LogP contribution in [0.1, 0.15) is 26.4 Å². The molecule has 1 aromatic heterocycles. The molecule has 0 aliphatic carbocycles. The predicted molar refractivity (Wildman–Crippen MR) is 78.3 cm³/mol. The molecule has 0 radical (unpaired) electrons. The second-order valence-electron chi connectivity index (χ2n) is 4.47. The number of primary amides is 1. The number of carboxylic acid groups (broad SMARTS) is 1. The molecule has 0 unspecified atom stereocenters. The molecule has 21 heavy (non-hydrogen) atoms. The fourth-order valence-corrected chi connectivity index (χ4v) is 1.84. The third-order valence-corrected chi connectivity index (χ3v) is 2.96. The number of pyridine rings is 1. The van der Waals surface area contributed by atoms with Crippen LogP contribution in [0.25, 0.3) is 0 Å². The minimum absolute atomic E-state index is 0.214. The normalized spacial score (nSPS) is 10.1. The predicted octanol–water partition coefficient (Wildman–Crippen LogP) is 1.53. The third kappa shape index (κ3) is 4.04. The number of rotatable bonds is 6. The zero-order chi connectivity index (χ0) is 15.2. The number of amides is 1. The lowest BCUT2D eigenvalue weighted by Gasteiger charge is -2.07. The van der Waals surface area contributed by atoms with Crippen LogP contribution in [0.15, 0.2) is 42.6 Å². The number of hydrogen-bond donors (Lipinski definition) is 3. The van der Waals surface area contributed by atoms with Gasteiger partial charge in [0.05, 0.1) is 5.56 Å². The Morgan fingerprint density at radius 1 is 1.19 bits per heavy atom. The number of carbonyl (C=O) groups excluding carboxylic acids is 1. The molecule has 1 amide bonds. The molecule has 0 fully saturated rings. The molecule has 2 rings (SSSR count). The molecule has 1 heterocycles. The number of anilines is 1. The molecule has 0 bridgehead atoms. The van der Waals surface area contributed by atoms with Crippen molar-refractivity contribution in [1.29, 1.82) is 0 Å². The molecule has 0 saturated carbocycles. The molecule has 0 atom stereocenters. The van der Waals surface area contributed by atoms with Crippen molar-refractivity contribution < 1.29 is 14.7 Å². The van der Waals surface area contributed by atoms with Gasteiger partial charge < -0.3 is 16.2 Å². The second kappa shape index (κ2) is 6.51. The van der Waals surface area contributed by atoms with Gasteiger partial charge in [-0.3, -0.25) is 9.78 Å². The maximum Gasteiger partial charge on any atom is 0.335 e. The van der Waals surface area contributed by atoms with Crippen LogP contribution in [0.3, 0.4) is 0 Å². The Balaban J connectivity index is 1.90.